The second kappa shape index (κ2) is 16.0. The molecule has 40 heavy (non-hydrogen) atoms. The molecule has 3 rings (SSSR count). The van der Waals surface area contributed by atoms with Gasteiger partial charge in [-0.2, -0.15) is 0 Å². The Bertz CT molecular complexity index is 1090. The maximum atomic E-state index is 13.7. The number of ether oxygens (including phenoxy) is 3. The van der Waals surface area contributed by atoms with E-state index in [1.165, 1.54) is 0 Å². The number of unbranched alkanes of at least 4 members (excludes halogenated alkanes) is 1. The summed E-state index contributed by atoms with van der Waals surface area (Å²) in [6.07, 6.45) is -0.736. The summed E-state index contributed by atoms with van der Waals surface area (Å²) in [5.41, 5.74) is 6.78. The lowest BCUT2D eigenvalue weighted by molar-refractivity contribution is -0.157. The molecule has 6 atom stereocenters. The Morgan fingerprint density at radius 1 is 0.975 bits per heavy atom. The Morgan fingerprint density at radius 3 is 2.25 bits per heavy atom. The molecule has 0 aliphatic heterocycles. The van der Waals surface area contributed by atoms with Crippen LogP contribution in [-0.2, 0) is 30.2 Å². The van der Waals surface area contributed by atoms with Gasteiger partial charge in [0.1, 0.15) is 6.10 Å². The van der Waals surface area contributed by atoms with Gasteiger partial charge in [-0.3, -0.25) is 9.59 Å². The minimum absolute atomic E-state index is 0.140. The molecular formula is C30H38Cl2N2O6. The zero-order chi connectivity index (χ0) is 29.1. The van der Waals surface area contributed by atoms with Crippen LogP contribution in [0.25, 0.3) is 0 Å². The summed E-state index contributed by atoms with van der Waals surface area (Å²) in [5, 5.41) is 1.32. The first-order valence-electron chi connectivity index (χ1n) is 13.6. The van der Waals surface area contributed by atoms with Crippen LogP contribution in [0.2, 0.25) is 0 Å². The Labute approximate surface area is 245 Å². The minimum atomic E-state index is -1.04. The van der Waals surface area contributed by atoms with Gasteiger partial charge in [-0.25, -0.2) is 4.79 Å². The molecule has 0 saturated heterocycles. The molecule has 0 bridgehead atoms. The van der Waals surface area contributed by atoms with Gasteiger partial charge in [-0.05, 0) is 43.5 Å². The molecular weight excluding hydrogens is 555 g/mol. The van der Waals surface area contributed by atoms with Crippen LogP contribution in [-0.4, -0.2) is 60.2 Å². The van der Waals surface area contributed by atoms with Crippen LogP contribution in [0.15, 0.2) is 60.7 Å². The fraction of sp³-hybridized carbons (Fsp3) is 0.500. The second-order valence-electron chi connectivity index (χ2n) is 10.1. The smallest absolute Gasteiger partial charge is 0.338 e. The van der Waals surface area contributed by atoms with Crippen molar-refractivity contribution in [2.45, 2.75) is 68.7 Å². The molecule has 1 aliphatic rings. The van der Waals surface area contributed by atoms with Crippen LogP contribution < -0.4 is 11.1 Å². The molecule has 218 valence electrons. The standard InChI is InChI=1S/C30H38Cl2N2O6/c1-19(2)29(36)39-24(17-20-11-5-3-6-12-20)34-28(35)22-18-23(31)27(38-16-10-9-15-33)25(32)26(22)40-30(37)21-13-7-4-8-14-21/h3-8,11-14,19,22-27H,9-10,15-18,33H2,1-2H3,(H,34,35)/t22?,23?,24-,25?,26?,27?/m1/s1. The molecule has 2 aromatic rings. The first kappa shape index (κ1) is 31.9. The first-order chi connectivity index (χ1) is 19.2. The van der Waals surface area contributed by atoms with E-state index in [0.717, 1.165) is 18.4 Å². The topological polar surface area (TPSA) is 117 Å². The van der Waals surface area contributed by atoms with Gasteiger partial charge in [-0.15, -0.1) is 23.2 Å². The van der Waals surface area contributed by atoms with E-state index in [-0.39, 0.29) is 18.8 Å². The van der Waals surface area contributed by atoms with Crippen molar-refractivity contribution >= 4 is 41.0 Å². The molecule has 0 radical (unpaired) electrons. The number of amides is 1. The third-order valence-corrected chi connectivity index (χ3v) is 7.58. The van der Waals surface area contributed by atoms with Crippen LogP contribution in [0, 0.1) is 11.8 Å². The van der Waals surface area contributed by atoms with E-state index in [4.69, 9.17) is 43.1 Å². The molecule has 0 aromatic heterocycles. The molecule has 8 nitrogen and oxygen atoms in total. The highest BCUT2D eigenvalue weighted by Gasteiger charge is 2.49. The van der Waals surface area contributed by atoms with Crippen LogP contribution in [0.3, 0.4) is 0 Å². The fourth-order valence-corrected chi connectivity index (χ4v) is 5.41. The Balaban J connectivity index is 1.82. The van der Waals surface area contributed by atoms with Crippen molar-refractivity contribution in [3.8, 4) is 0 Å². The maximum absolute atomic E-state index is 13.7. The van der Waals surface area contributed by atoms with E-state index in [9.17, 15) is 14.4 Å². The van der Waals surface area contributed by atoms with Crippen molar-refractivity contribution in [1.29, 1.82) is 0 Å². The van der Waals surface area contributed by atoms with Gasteiger partial charge < -0.3 is 25.3 Å². The normalized spacial score (nSPS) is 23.3. The van der Waals surface area contributed by atoms with Gasteiger partial charge in [0.25, 0.3) is 0 Å². The third kappa shape index (κ3) is 9.20. The number of alkyl halides is 2. The third-order valence-electron chi connectivity index (χ3n) is 6.65. The number of hydrogen-bond donors (Lipinski definition) is 2. The van der Waals surface area contributed by atoms with Crippen molar-refractivity contribution in [3.05, 3.63) is 71.8 Å². The van der Waals surface area contributed by atoms with Crippen molar-refractivity contribution in [3.63, 3.8) is 0 Å². The predicted molar refractivity (Wildman–Crippen MR) is 154 cm³/mol. The highest BCUT2D eigenvalue weighted by atomic mass is 35.5. The monoisotopic (exact) mass is 592 g/mol. The zero-order valence-electron chi connectivity index (χ0n) is 22.8. The second-order valence-corrected chi connectivity index (χ2v) is 11.2. The lowest BCUT2D eigenvalue weighted by Crippen LogP contribution is -2.57. The summed E-state index contributed by atoms with van der Waals surface area (Å²) >= 11 is 13.5. The van der Waals surface area contributed by atoms with E-state index in [2.05, 4.69) is 5.32 Å². The molecule has 3 N–H and O–H groups in total. The molecule has 1 fully saturated rings. The number of nitrogens with two attached hydrogens (primary N) is 1. The molecule has 10 heteroatoms. The van der Waals surface area contributed by atoms with Crippen molar-refractivity contribution in [2.75, 3.05) is 13.2 Å². The molecule has 0 spiro atoms. The lowest BCUT2D eigenvalue weighted by Gasteiger charge is -2.41. The molecule has 1 aliphatic carbocycles. The number of hydrogen-bond acceptors (Lipinski definition) is 7. The van der Waals surface area contributed by atoms with E-state index in [0.29, 0.717) is 18.7 Å². The van der Waals surface area contributed by atoms with Gasteiger partial charge in [0.15, 0.2) is 6.23 Å². The number of halogens is 2. The Kier molecular flexibility index (Phi) is 12.7. The van der Waals surface area contributed by atoms with Crippen molar-refractivity contribution in [2.24, 2.45) is 17.6 Å². The van der Waals surface area contributed by atoms with Gasteiger partial charge in [-0.1, -0.05) is 62.4 Å². The molecule has 1 saturated carbocycles. The number of esters is 2. The molecule has 5 unspecified atom stereocenters. The summed E-state index contributed by atoms with van der Waals surface area (Å²) in [6.45, 7) is 4.35. The average Bonchev–Trinajstić information content (AvgIpc) is 2.94. The largest absolute Gasteiger partial charge is 0.456 e. The van der Waals surface area contributed by atoms with Gasteiger partial charge in [0.2, 0.25) is 5.91 Å². The summed E-state index contributed by atoms with van der Waals surface area (Å²) in [7, 11) is 0. The van der Waals surface area contributed by atoms with Crippen LogP contribution in [0.4, 0.5) is 0 Å². The summed E-state index contributed by atoms with van der Waals surface area (Å²) < 4.78 is 17.5. The number of nitrogens with one attached hydrogen (secondary N) is 1. The SMILES string of the molecule is CC(C)C(=O)O[C@H](Cc1ccccc1)NC(=O)C1CC(Cl)C(OCCCCN)C(Cl)C1OC(=O)c1ccccc1. The van der Waals surface area contributed by atoms with Crippen molar-refractivity contribution in [1.82, 2.24) is 5.32 Å². The average molecular weight is 594 g/mol. The highest BCUT2D eigenvalue weighted by molar-refractivity contribution is 6.25. The van der Waals surface area contributed by atoms with Crippen LogP contribution >= 0.6 is 23.2 Å². The van der Waals surface area contributed by atoms with E-state index < -0.39 is 53.0 Å². The number of rotatable bonds is 13. The first-order valence-corrected chi connectivity index (χ1v) is 14.5. The van der Waals surface area contributed by atoms with Gasteiger partial charge in [0, 0.05) is 13.0 Å². The Hall–Kier alpha value is -2.65. The number of benzene rings is 2. The predicted octanol–water partition coefficient (Wildman–Crippen LogP) is 4.46. The van der Waals surface area contributed by atoms with E-state index in [1.807, 2.05) is 30.3 Å². The number of carbonyl (C=O) groups is 3. The molecule has 2 aromatic carbocycles. The molecule has 0 heterocycles. The quantitative estimate of drug-likeness (QED) is 0.153. The lowest BCUT2D eigenvalue weighted by atomic mass is 9.82. The summed E-state index contributed by atoms with van der Waals surface area (Å²) in [4.78, 5) is 39.2. The Morgan fingerprint density at radius 2 is 1.62 bits per heavy atom. The van der Waals surface area contributed by atoms with Gasteiger partial charge in [0.05, 0.1) is 34.3 Å². The zero-order valence-corrected chi connectivity index (χ0v) is 24.4. The summed E-state index contributed by atoms with van der Waals surface area (Å²) in [6, 6.07) is 17.8. The molecule has 1 amide bonds. The van der Waals surface area contributed by atoms with E-state index >= 15 is 0 Å². The highest BCUT2D eigenvalue weighted by Crippen LogP contribution is 2.37. The fourth-order valence-electron chi connectivity index (χ4n) is 4.44. The number of carbonyl (C=O) groups excluding carboxylic acids is 3. The maximum Gasteiger partial charge on any atom is 0.338 e. The van der Waals surface area contributed by atoms with Crippen LogP contribution in [0.1, 0.15) is 49.0 Å². The van der Waals surface area contributed by atoms with Gasteiger partial charge >= 0.3 is 11.9 Å². The minimum Gasteiger partial charge on any atom is -0.456 e. The van der Waals surface area contributed by atoms with Crippen LogP contribution in [0.5, 0.6) is 0 Å². The van der Waals surface area contributed by atoms with E-state index in [1.54, 1.807) is 44.2 Å². The summed E-state index contributed by atoms with van der Waals surface area (Å²) in [5.74, 6) is -2.84. The van der Waals surface area contributed by atoms with Crippen molar-refractivity contribution < 1.29 is 28.6 Å².